The summed E-state index contributed by atoms with van der Waals surface area (Å²) < 4.78 is 23.5. The number of hydrogen-bond acceptors (Lipinski definition) is 4. The van der Waals surface area contributed by atoms with Gasteiger partial charge in [-0.2, -0.15) is 0 Å². The molecule has 4 aliphatic rings. The molecule has 0 heterocycles. The van der Waals surface area contributed by atoms with Crippen LogP contribution in [-0.2, 0) is 18.4 Å². The summed E-state index contributed by atoms with van der Waals surface area (Å²) in [5.74, 6) is 1.87. The maximum absolute atomic E-state index is 13.0. The average molecular weight is 439 g/mol. The van der Waals surface area contributed by atoms with Crippen LogP contribution in [0, 0.1) is 46.3 Å². The Balaban J connectivity index is 1.59. The molecule has 0 radical (unpaired) electrons. The second kappa shape index (κ2) is 7.74. The van der Waals surface area contributed by atoms with E-state index in [0.29, 0.717) is 29.6 Å². The van der Waals surface area contributed by atoms with Crippen LogP contribution in [0.2, 0.25) is 0 Å². The molecule has 3 saturated carbocycles. The van der Waals surface area contributed by atoms with E-state index in [1.807, 2.05) is 6.92 Å². The fourth-order valence-electron chi connectivity index (χ4n) is 8.41. The zero-order chi connectivity index (χ0) is 21.9. The van der Waals surface area contributed by atoms with Crippen molar-refractivity contribution in [3.8, 4) is 0 Å². The number of rotatable bonds is 5. The van der Waals surface area contributed by atoms with Crippen LogP contribution in [0.25, 0.3) is 0 Å². The lowest BCUT2D eigenvalue weighted by Crippen LogP contribution is -2.52. The molecule has 6 heteroatoms. The van der Waals surface area contributed by atoms with E-state index in [1.54, 1.807) is 0 Å². The van der Waals surface area contributed by atoms with Gasteiger partial charge in [-0.15, -0.1) is 0 Å². The molecular formula is C24H39O5P. The van der Waals surface area contributed by atoms with E-state index in [0.717, 1.165) is 37.4 Å². The molecule has 0 spiro atoms. The molecule has 0 bridgehead atoms. The Bertz CT molecular complexity index is 770. The van der Waals surface area contributed by atoms with Gasteiger partial charge in [-0.25, -0.2) is 0 Å². The summed E-state index contributed by atoms with van der Waals surface area (Å²) in [5, 5.41) is 10.5. The molecule has 30 heavy (non-hydrogen) atoms. The topological polar surface area (TPSA) is 72.8 Å². The summed E-state index contributed by atoms with van der Waals surface area (Å²) in [7, 11) is -0.181. The van der Waals surface area contributed by atoms with Crippen molar-refractivity contribution in [1.82, 2.24) is 0 Å². The van der Waals surface area contributed by atoms with Crippen LogP contribution in [0.1, 0.15) is 72.1 Å². The summed E-state index contributed by atoms with van der Waals surface area (Å²) in [6.07, 6.45) is 11.0. The molecule has 8 atom stereocenters. The molecule has 0 aromatic heterocycles. The monoisotopic (exact) mass is 438 g/mol. The number of carbonyl (C=O) groups is 1. The molecule has 0 amide bonds. The van der Waals surface area contributed by atoms with E-state index in [9.17, 15) is 14.5 Å². The van der Waals surface area contributed by atoms with Gasteiger partial charge in [0, 0.05) is 19.5 Å². The van der Waals surface area contributed by atoms with E-state index >= 15 is 0 Å². The Morgan fingerprint density at radius 3 is 2.37 bits per heavy atom. The third-order valence-electron chi connectivity index (χ3n) is 10.2. The Morgan fingerprint density at radius 2 is 1.73 bits per heavy atom. The minimum atomic E-state index is -3.14. The van der Waals surface area contributed by atoms with Crippen LogP contribution in [0.15, 0.2) is 11.4 Å². The maximum atomic E-state index is 13.0. The van der Waals surface area contributed by atoms with Crippen LogP contribution in [0.5, 0.6) is 0 Å². The highest BCUT2D eigenvalue weighted by atomic mass is 31.2. The average Bonchev–Trinajstić information content (AvgIpc) is 3.09. The fourth-order valence-corrected chi connectivity index (χ4v) is 9.78. The zero-order valence-electron chi connectivity index (χ0n) is 19.2. The van der Waals surface area contributed by atoms with E-state index in [2.05, 4.69) is 19.9 Å². The van der Waals surface area contributed by atoms with Crippen molar-refractivity contribution in [2.24, 2.45) is 46.3 Å². The molecule has 0 unspecified atom stereocenters. The smallest absolute Gasteiger partial charge is 0.356 e. The quantitative estimate of drug-likeness (QED) is 0.507. The highest BCUT2D eigenvalue weighted by molar-refractivity contribution is 7.58. The Hall–Kier alpha value is -0.640. The largest absolute Gasteiger partial charge is 0.481 e. The van der Waals surface area contributed by atoms with Crippen LogP contribution in [0.4, 0.5) is 0 Å². The first-order valence-corrected chi connectivity index (χ1v) is 13.3. The predicted octanol–water partition coefficient (Wildman–Crippen LogP) is 6.35. The van der Waals surface area contributed by atoms with Crippen molar-refractivity contribution in [1.29, 1.82) is 0 Å². The summed E-state index contributed by atoms with van der Waals surface area (Å²) in [4.78, 5) is 11.7. The third-order valence-corrected chi connectivity index (χ3v) is 12.2. The summed E-state index contributed by atoms with van der Waals surface area (Å²) in [6, 6.07) is 0. The first-order chi connectivity index (χ1) is 14.1. The van der Waals surface area contributed by atoms with E-state index in [-0.39, 0.29) is 16.7 Å². The van der Waals surface area contributed by atoms with Crippen molar-refractivity contribution in [2.75, 3.05) is 14.2 Å². The molecule has 0 saturated heterocycles. The second-order valence-electron chi connectivity index (χ2n) is 10.9. The molecule has 4 rings (SSSR count). The molecule has 0 aliphatic heterocycles. The lowest BCUT2D eigenvalue weighted by Gasteiger charge is -2.60. The van der Waals surface area contributed by atoms with Crippen LogP contribution in [0.3, 0.4) is 0 Å². The fraction of sp³-hybridized carbons (Fsp3) is 0.875. The molecule has 5 nitrogen and oxygen atoms in total. The number of fused-ring (bicyclic) bond motifs is 5. The standard InChI is InChI=1S/C24H39O5P/c1-15(22(25)26)19-8-9-20-18-7-6-16-14-17(30(27,28-4)29-5)10-12-23(16,2)21(18)11-13-24(19,20)3/h14-16,18-21H,6-13H2,1-5H3,(H,25,26)/t15-,16+,18+,19-,20+,21+,23+,24-/m1/s1. The summed E-state index contributed by atoms with van der Waals surface area (Å²) in [6.45, 7) is 6.77. The van der Waals surface area contributed by atoms with Gasteiger partial charge in [0.1, 0.15) is 0 Å². The van der Waals surface area contributed by atoms with Gasteiger partial charge >= 0.3 is 13.6 Å². The normalized spacial score (nSPS) is 44.4. The van der Waals surface area contributed by atoms with Gasteiger partial charge < -0.3 is 14.2 Å². The van der Waals surface area contributed by atoms with E-state index in [4.69, 9.17) is 9.05 Å². The first-order valence-electron chi connectivity index (χ1n) is 11.8. The lowest BCUT2D eigenvalue weighted by molar-refractivity contribution is -0.147. The molecule has 1 N–H and O–H groups in total. The van der Waals surface area contributed by atoms with E-state index in [1.165, 1.54) is 33.5 Å². The van der Waals surface area contributed by atoms with Crippen LogP contribution < -0.4 is 0 Å². The molecular weight excluding hydrogens is 399 g/mol. The minimum Gasteiger partial charge on any atom is -0.481 e. The molecule has 3 fully saturated rings. The van der Waals surface area contributed by atoms with Crippen molar-refractivity contribution in [3.05, 3.63) is 11.4 Å². The Morgan fingerprint density at radius 1 is 1.07 bits per heavy atom. The number of aliphatic carboxylic acids is 1. The molecule has 0 aromatic rings. The van der Waals surface area contributed by atoms with Gasteiger partial charge in [-0.3, -0.25) is 9.36 Å². The van der Waals surface area contributed by atoms with Gasteiger partial charge in [0.25, 0.3) is 0 Å². The highest BCUT2D eigenvalue weighted by Gasteiger charge is 2.61. The van der Waals surface area contributed by atoms with Gasteiger partial charge in [0.05, 0.1) is 5.92 Å². The lowest BCUT2D eigenvalue weighted by atomic mass is 9.45. The number of allylic oxidation sites excluding steroid dienone is 2. The SMILES string of the molecule is COP(=O)(OC)C1=C[C@@H]2CC[C@@H]3[C@H](CC[C@]4(C)[C@@H]([C@@H](C)C(=O)O)CC[C@@H]34)[C@@]2(C)CC1. The maximum Gasteiger partial charge on any atom is 0.356 e. The minimum absolute atomic E-state index is 0.166. The summed E-state index contributed by atoms with van der Waals surface area (Å²) >= 11 is 0. The molecule has 4 aliphatic carbocycles. The molecule has 0 aromatic carbocycles. The van der Waals surface area contributed by atoms with Crippen LogP contribution in [-0.4, -0.2) is 25.3 Å². The number of carboxylic acid groups (broad SMARTS) is 1. The van der Waals surface area contributed by atoms with Gasteiger partial charge in [-0.1, -0.05) is 26.8 Å². The van der Waals surface area contributed by atoms with Crippen molar-refractivity contribution < 1.29 is 23.5 Å². The van der Waals surface area contributed by atoms with E-state index < -0.39 is 13.6 Å². The van der Waals surface area contributed by atoms with Crippen molar-refractivity contribution in [3.63, 3.8) is 0 Å². The number of carboxylic acids is 1. The zero-order valence-corrected chi connectivity index (χ0v) is 20.1. The van der Waals surface area contributed by atoms with Crippen LogP contribution >= 0.6 is 7.60 Å². The van der Waals surface area contributed by atoms with Gasteiger partial charge in [0.15, 0.2) is 0 Å². The second-order valence-corrected chi connectivity index (χ2v) is 13.2. The van der Waals surface area contributed by atoms with Crippen molar-refractivity contribution in [2.45, 2.75) is 72.1 Å². The van der Waals surface area contributed by atoms with Gasteiger partial charge in [0.2, 0.25) is 0 Å². The molecule has 170 valence electrons. The predicted molar refractivity (Wildman–Crippen MR) is 117 cm³/mol. The highest BCUT2D eigenvalue weighted by Crippen LogP contribution is 2.69. The first kappa shape index (κ1) is 22.6. The number of hydrogen-bond donors (Lipinski definition) is 1. The van der Waals surface area contributed by atoms with Crippen molar-refractivity contribution >= 4 is 13.6 Å². The third kappa shape index (κ3) is 3.18. The Kier molecular flexibility index (Phi) is 5.82. The van der Waals surface area contributed by atoms with Gasteiger partial charge in [-0.05, 0) is 91.8 Å². The Labute approximate surface area is 181 Å². The summed E-state index contributed by atoms with van der Waals surface area (Å²) in [5.41, 5.74) is 0.399.